The summed E-state index contributed by atoms with van der Waals surface area (Å²) in [7, 11) is -3.77. The number of pyridine rings is 2. The summed E-state index contributed by atoms with van der Waals surface area (Å²) in [6.07, 6.45) is -2.77. The van der Waals surface area contributed by atoms with Crippen LogP contribution >= 0.6 is 15.9 Å². The minimum Gasteiger partial charge on any atom is -0.249 e. The second kappa shape index (κ2) is 6.20. The van der Waals surface area contributed by atoms with Crippen LogP contribution in [0.2, 0.25) is 0 Å². The fourth-order valence-electron chi connectivity index (χ4n) is 2.24. The third kappa shape index (κ3) is 3.14. The van der Waals surface area contributed by atoms with Crippen molar-refractivity contribution in [2.24, 2.45) is 0 Å². The summed E-state index contributed by atoms with van der Waals surface area (Å²) < 4.78 is 64.9. The molecule has 3 heterocycles. The highest BCUT2D eigenvalue weighted by Gasteiger charge is 2.31. The minimum atomic E-state index is -4.64. The molecule has 0 saturated carbocycles. The van der Waals surface area contributed by atoms with Crippen LogP contribution in [0.25, 0.3) is 11.5 Å². The molecule has 0 aliphatic rings. The van der Waals surface area contributed by atoms with E-state index < -0.39 is 27.3 Å². The van der Waals surface area contributed by atoms with E-state index in [-0.39, 0.29) is 22.1 Å². The van der Waals surface area contributed by atoms with Crippen LogP contribution in [0.5, 0.6) is 0 Å². The van der Waals surface area contributed by atoms with Crippen molar-refractivity contribution >= 4 is 31.4 Å². The van der Waals surface area contributed by atoms with E-state index >= 15 is 0 Å². The van der Waals surface area contributed by atoms with Gasteiger partial charge in [-0.1, -0.05) is 6.92 Å². The van der Waals surface area contributed by atoms with Crippen molar-refractivity contribution in [2.75, 3.05) is 5.75 Å². The molecule has 0 N–H and O–H groups in total. The highest BCUT2D eigenvalue weighted by atomic mass is 79.9. The summed E-state index contributed by atoms with van der Waals surface area (Å²) in [5.74, 6) is -0.532. The SMILES string of the molecule is CCS(=O)(=O)c1cc(Br)cnc1-n1nc2ccc(C(F)(F)F)cn2c1=O. The summed E-state index contributed by atoms with van der Waals surface area (Å²) >= 11 is 3.11. The second-order valence-corrected chi connectivity index (χ2v) is 8.38. The molecule has 0 unspecified atom stereocenters. The summed E-state index contributed by atoms with van der Waals surface area (Å²) in [5.41, 5.74) is -2.07. The summed E-state index contributed by atoms with van der Waals surface area (Å²) in [6, 6.07) is 3.07. The molecule has 12 heteroatoms. The number of hydrogen-bond donors (Lipinski definition) is 0. The van der Waals surface area contributed by atoms with Gasteiger partial charge in [-0.3, -0.25) is 0 Å². The molecule has 0 fully saturated rings. The lowest BCUT2D eigenvalue weighted by Crippen LogP contribution is -2.23. The van der Waals surface area contributed by atoms with Gasteiger partial charge in [0.15, 0.2) is 21.3 Å². The normalized spacial score (nSPS) is 12.7. The first-order chi connectivity index (χ1) is 12.0. The molecular weight excluding hydrogens is 441 g/mol. The van der Waals surface area contributed by atoms with Gasteiger partial charge in [0, 0.05) is 16.9 Å². The van der Waals surface area contributed by atoms with Gasteiger partial charge < -0.3 is 0 Å². The number of rotatable bonds is 3. The molecule has 0 aliphatic heterocycles. The van der Waals surface area contributed by atoms with Gasteiger partial charge in [-0.2, -0.15) is 17.9 Å². The number of hydrogen-bond acceptors (Lipinski definition) is 5. The average Bonchev–Trinajstić information content (AvgIpc) is 2.90. The summed E-state index contributed by atoms with van der Waals surface area (Å²) in [4.78, 5) is 16.2. The minimum absolute atomic E-state index is 0.0763. The Labute approximate surface area is 153 Å². The number of alkyl halides is 3. The largest absolute Gasteiger partial charge is 0.417 e. The third-order valence-corrected chi connectivity index (χ3v) is 5.72. The van der Waals surface area contributed by atoms with E-state index in [1.165, 1.54) is 19.2 Å². The lowest BCUT2D eigenvalue weighted by molar-refractivity contribution is -0.137. The van der Waals surface area contributed by atoms with Gasteiger partial charge in [-0.05, 0) is 34.1 Å². The first kappa shape index (κ1) is 18.6. The number of aromatic nitrogens is 4. The summed E-state index contributed by atoms with van der Waals surface area (Å²) in [5, 5.41) is 3.90. The summed E-state index contributed by atoms with van der Waals surface area (Å²) in [6.45, 7) is 1.42. The number of sulfone groups is 1. The molecule has 0 aliphatic carbocycles. The lowest BCUT2D eigenvalue weighted by atomic mass is 10.3. The lowest BCUT2D eigenvalue weighted by Gasteiger charge is -2.07. The van der Waals surface area contributed by atoms with Crippen LogP contribution in [0.3, 0.4) is 0 Å². The van der Waals surface area contributed by atoms with Crippen LogP contribution in [0.4, 0.5) is 13.2 Å². The van der Waals surface area contributed by atoms with E-state index in [4.69, 9.17) is 0 Å². The first-order valence-electron chi connectivity index (χ1n) is 7.12. The van der Waals surface area contributed by atoms with Crippen molar-refractivity contribution < 1.29 is 21.6 Å². The Balaban J connectivity index is 2.31. The Morgan fingerprint density at radius 1 is 1.27 bits per heavy atom. The van der Waals surface area contributed by atoms with E-state index in [0.29, 0.717) is 19.8 Å². The Bertz CT molecular complexity index is 1170. The third-order valence-electron chi connectivity index (χ3n) is 3.56. The Morgan fingerprint density at radius 3 is 2.58 bits per heavy atom. The zero-order valence-corrected chi connectivity index (χ0v) is 15.4. The van der Waals surface area contributed by atoms with Gasteiger partial charge >= 0.3 is 11.9 Å². The fraction of sp³-hybridized carbons (Fsp3) is 0.214. The molecule has 7 nitrogen and oxygen atoms in total. The molecule has 0 amide bonds. The van der Waals surface area contributed by atoms with Crippen molar-refractivity contribution in [3.63, 3.8) is 0 Å². The molecule has 0 spiro atoms. The van der Waals surface area contributed by atoms with Crippen molar-refractivity contribution in [1.29, 1.82) is 0 Å². The quantitative estimate of drug-likeness (QED) is 0.611. The topological polar surface area (TPSA) is 86.3 Å². The van der Waals surface area contributed by atoms with Crippen LogP contribution in [0, 0.1) is 0 Å². The average molecular weight is 451 g/mol. The maximum atomic E-state index is 12.8. The monoisotopic (exact) mass is 450 g/mol. The predicted molar refractivity (Wildman–Crippen MR) is 89.0 cm³/mol. The van der Waals surface area contributed by atoms with Crippen molar-refractivity contribution in [1.82, 2.24) is 19.2 Å². The standard InChI is InChI=1S/C14H10BrF3N4O3S/c1-2-26(24,25)10-5-9(15)6-19-12(10)22-13(23)21-7-8(14(16,17)18)3-4-11(21)20-22/h3-7H,2H2,1H3. The highest BCUT2D eigenvalue weighted by molar-refractivity contribution is 9.10. The second-order valence-electron chi connectivity index (χ2n) is 5.22. The smallest absolute Gasteiger partial charge is 0.249 e. The molecule has 0 bridgehead atoms. The number of fused-ring (bicyclic) bond motifs is 1. The van der Waals surface area contributed by atoms with Gasteiger partial charge in [-0.15, -0.1) is 5.10 Å². The zero-order chi connectivity index (χ0) is 19.3. The highest BCUT2D eigenvalue weighted by Crippen LogP contribution is 2.29. The molecule has 0 saturated heterocycles. The Kier molecular flexibility index (Phi) is 4.43. The molecule has 0 aromatic carbocycles. The van der Waals surface area contributed by atoms with E-state index in [0.717, 1.165) is 12.1 Å². The van der Waals surface area contributed by atoms with Crippen LogP contribution in [-0.2, 0) is 16.0 Å². The van der Waals surface area contributed by atoms with Crippen molar-refractivity contribution in [3.8, 4) is 5.82 Å². The Morgan fingerprint density at radius 2 is 1.96 bits per heavy atom. The maximum Gasteiger partial charge on any atom is 0.417 e. The van der Waals surface area contributed by atoms with Crippen LogP contribution in [-0.4, -0.2) is 33.3 Å². The van der Waals surface area contributed by atoms with E-state index in [2.05, 4.69) is 26.0 Å². The van der Waals surface area contributed by atoms with E-state index in [1.807, 2.05) is 0 Å². The van der Waals surface area contributed by atoms with Gasteiger partial charge in [0.05, 0.1) is 11.3 Å². The fourth-order valence-corrected chi connectivity index (χ4v) is 3.76. The molecule has 3 rings (SSSR count). The molecule has 138 valence electrons. The van der Waals surface area contributed by atoms with Gasteiger partial charge in [0.2, 0.25) is 0 Å². The molecule has 26 heavy (non-hydrogen) atoms. The van der Waals surface area contributed by atoms with Crippen LogP contribution < -0.4 is 5.69 Å². The molecule has 3 aromatic rings. The van der Waals surface area contributed by atoms with Gasteiger partial charge in [0.25, 0.3) is 0 Å². The van der Waals surface area contributed by atoms with Crippen molar-refractivity contribution in [2.45, 2.75) is 18.0 Å². The van der Waals surface area contributed by atoms with Gasteiger partial charge in [0.1, 0.15) is 4.90 Å². The van der Waals surface area contributed by atoms with Crippen LogP contribution in [0.15, 0.2) is 44.8 Å². The molecule has 3 aromatic heterocycles. The van der Waals surface area contributed by atoms with Crippen LogP contribution in [0.1, 0.15) is 12.5 Å². The zero-order valence-electron chi connectivity index (χ0n) is 13.0. The first-order valence-corrected chi connectivity index (χ1v) is 9.56. The number of nitrogens with zero attached hydrogens (tertiary/aromatic N) is 4. The molecule has 0 atom stereocenters. The number of halogens is 4. The van der Waals surface area contributed by atoms with E-state index in [9.17, 15) is 26.4 Å². The molecular formula is C14H10BrF3N4O3S. The van der Waals surface area contributed by atoms with Gasteiger partial charge in [-0.25, -0.2) is 22.6 Å². The van der Waals surface area contributed by atoms with Crippen molar-refractivity contribution in [3.05, 3.63) is 51.1 Å². The Hall–Kier alpha value is -2.21. The maximum absolute atomic E-state index is 12.8. The van der Waals surface area contributed by atoms with E-state index in [1.54, 1.807) is 0 Å². The predicted octanol–water partition coefficient (Wildman–Crippen LogP) is 2.46. The molecule has 0 radical (unpaired) electrons.